The zero-order chi connectivity index (χ0) is 21.6. The molecule has 1 N–H and O–H groups in total. The van der Waals surface area contributed by atoms with E-state index in [1.54, 1.807) is 0 Å². The number of aliphatic hydroxyl groups is 1. The molecule has 0 amide bonds. The first-order chi connectivity index (χ1) is 14.0. The van der Waals surface area contributed by atoms with E-state index in [2.05, 4.69) is 6.92 Å². The van der Waals surface area contributed by atoms with E-state index >= 15 is 0 Å². The molecule has 1 unspecified atom stereocenters. The molecule has 0 aliphatic heterocycles. The molecule has 0 spiro atoms. The molecule has 0 rings (SSSR count). The van der Waals surface area contributed by atoms with Crippen LogP contribution in [0.5, 0.6) is 0 Å². The van der Waals surface area contributed by atoms with Gasteiger partial charge in [-0.2, -0.15) is 0 Å². The largest absolute Gasteiger partial charge is 1.00 e. The molecule has 0 aromatic rings. The summed E-state index contributed by atoms with van der Waals surface area (Å²) in [6, 6.07) is 0. The van der Waals surface area contributed by atoms with Crippen LogP contribution in [0.3, 0.4) is 0 Å². The average Bonchev–Trinajstić information content (AvgIpc) is 2.66. The van der Waals surface area contributed by atoms with Crippen LogP contribution in [-0.4, -0.2) is 29.9 Å². The summed E-state index contributed by atoms with van der Waals surface area (Å²) in [6.07, 6.45) is 24.9. The van der Waals surface area contributed by atoms with Crippen molar-refractivity contribution in [1.82, 2.24) is 0 Å². The summed E-state index contributed by atoms with van der Waals surface area (Å²) in [5.41, 5.74) is 0. The second-order valence-corrected chi connectivity index (χ2v) is 10.4. The van der Waals surface area contributed by atoms with Crippen molar-refractivity contribution in [3.63, 3.8) is 0 Å². The van der Waals surface area contributed by atoms with Crippen molar-refractivity contribution in [2.45, 2.75) is 148 Å². The Morgan fingerprint density at radius 3 is 1.23 bits per heavy atom. The predicted octanol–water partition coefficient (Wildman–Crippen LogP) is 4.11. The predicted molar refractivity (Wildman–Crippen MR) is 123 cm³/mol. The molecule has 176 valence electrons. The average molecular weight is 457 g/mol. The summed E-state index contributed by atoms with van der Waals surface area (Å²) in [6.45, 7) is 2.27. The standard InChI is InChI=1S/C24H50O4S.Na/c1-2-3-4-5-6-7-8-9-10-11-12-13-14-15-16-18-21-24(25)22-19-17-20-23-29(26,27)28;/h24-25H,2-23H2,1H3,(H,26,27,28);/q;+1/p-1. The van der Waals surface area contributed by atoms with Crippen molar-refractivity contribution in [3.8, 4) is 0 Å². The number of rotatable bonds is 23. The molecule has 4 nitrogen and oxygen atoms in total. The van der Waals surface area contributed by atoms with Crippen LogP contribution in [0.2, 0.25) is 0 Å². The molecule has 0 bridgehead atoms. The maximum atomic E-state index is 10.5. The third-order valence-electron chi connectivity index (χ3n) is 5.82. The third-order valence-corrected chi connectivity index (χ3v) is 6.61. The molecule has 6 heteroatoms. The zero-order valence-corrected chi connectivity index (χ0v) is 23.0. The van der Waals surface area contributed by atoms with E-state index in [1.165, 1.54) is 96.3 Å². The minimum atomic E-state index is -4.08. The molecular formula is C24H49NaO4S. The summed E-state index contributed by atoms with van der Waals surface area (Å²) in [5.74, 6) is -0.276. The maximum absolute atomic E-state index is 10.5. The van der Waals surface area contributed by atoms with Gasteiger partial charge in [0.2, 0.25) is 0 Å². The van der Waals surface area contributed by atoms with Gasteiger partial charge in [0.1, 0.15) is 0 Å². The van der Waals surface area contributed by atoms with Crippen LogP contribution in [0.1, 0.15) is 142 Å². The molecular weight excluding hydrogens is 407 g/mol. The van der Waals surface area contributed by atoms with Gasteiger partial charge in [-0.25, -0.2) is 8.42 Å². The van der Waals surface area contributed by atoms with Gasteiger partial charge in [-0.1, -0.05) is 122 Å². The van der Waals surface area contributed by atoms with Crippen molar-refractivity contribution in [2.75, 3.05) is 5.75 Å². The second-order valence-electron chi connectivity index (χ2n) is 8.86. The maximum Gasteiger partial charge on any atom is 1.00 e. The van der Waals surface area contributed by atoms with Crippen LogP contribution in [-0.2, 0) is 10.1 Å². The molecule has 0 aliphatic rings. The van der Waals surface area contributed by atoms with Gasteiger partial charge in [0.05, 0.1) is 16.2 Å². The van der Waals surface area contributed by atoms with E-state index in [0.717, 1.165) is 25.7 Å². The van der Waals surface area contributed by atoms with E-state index in [-0.39, 0.29) is 41.4 Å². The van der Waals surface area contributed by atoms with Gasteiger partial charge in [-0.15, -0.1) is 0 Å². The van der Waals surface area contributed by atoms with Crippen molar-refractivity contribution >= 4 is 10.1 Å². The molecule has 0 radical (unpaired) electrons. The van der Waals surface area contributed by atoms with Gasteiger partial charge >= 0.3 is 29.6 Å². The Morgan fingerprint density at radius 2 is 0.900 bits per heavy atom. The van der Waals surface area contributed by atoms with E-state index in [4.69, 9.17) is 0 Å². The Labute approximate surface area is 210 Å². The van der Waals surface area contributed by atoms with Crippen molar-refractivity contribution < 1.29 is 47.6 Å². The molecule has 0 aromatic carbocycles. The monoisotopic (exact) mass is 456 g/mol. The summed E-state index contributed by atoms with van der Waals surface area (Å²) >= 11 is 0. The van der Waals surface area contributed by atoms with Gasteiger partial charge in [0.25, 0.3) is 0 Å². The molecule has 0 heterocycles. The Kier molecular flexibility index (Phi) is 27.0. The fourth-order valence-electron chi connectivity index (χ4n) is 3.91. The Balaban J connectivity index is 0. The molecule has 0 saturated carbocycles. The Morgan fingerprint density at radius 1 is 0.600 bits per heavy atom. The molecule has 0 fully saturated rings. The number of hydrogen-bond acceptors (Lipinski definition) is 4. The smallest absolute Gasteiger partial charge is 0.748 e. The first-order valence-corrected chi connectivity index (χ1v) is 14.1. The van der Waals surface area contributed by atoms with E-state index < -0.39 is 10.1 Å². The van der Waals surface area contributed by atoms with Crippen LogP contribution in [0, 0.1) is 0 Å². The third kappa shape index (κ3) is 28.9. The van der Waals surface area contributed by atoms with Crippen LogP contribution in [0.15, 0.2) is 0 Å². The van der Waals surface area contributed by atoms with Gasteiger partial charge in [0.15, 0.2) is 0 Å². The van der Waals surface area contributed by atoms with Crippen LogP contribution in [0.4, 0.5) is 0 Å². The Bertz CT molecular complexity index is 429. The van der Waals surface area contributed by atoms with Crippen LogP contribution < -0.4 is 29.6 Å². The topological polar surface area (TPSA) is 77.4 Å². The quantitative estimate of drug-likeness (QED) is 0.143. The molecule has 0 saturated heterocycles. The first-order valence-electron chi connectivity index (χ1n) is 12.6. The Hall–Kier alpha value is 0.870. The summed E-state index contributed by atoms with van der Waals surface area (Å²) in [5, 5.41) is 9.94. The van der Waals surface area contributed by atoms with Gasteiger partial charge in [0, 0.05) is 5.75 Å². The fraction of sp³-hybridized carbons (Fsp3) is 1.00. The zero-order valence-electron chi connectivity index (χ0n) is 20.2. The van der Waals surface area contributed by atoms with Crippen molar-refractivity contribution in [1.29, 1.82) is 0 Å². The number of aliphatic hydroxyl groups excluding tert-OH is 1. The molecule has 0 aromatic heterocycles. The summed E-state index contributed by atoms with van der Waals surface area (Å²) in [4.78, 5) is 0. The molecule has 1 atom stereocenters. The summed E-state index contributed by atoms with van der Waals surface area (Å²) in [7, 11) is -4.08. The van der Waals surface area contributed by atoms with Crippen molar-refractivity contribution in [2.24, 2.45) is 0 Å². The normalized spacial score (nSPS) is 12.6. The first kappa shape index (κ1) is 33.0. The van der Waals surface area contributed by atoms with E-state index in [9.17, 15) is 18.1 Å². The molecule has 0 aliphatic carbocycles. The van der Waals surface area contributed by atoms with Crippen LogP contribution in [0.25, 0.3) is 0 Å². The van der Waals surface area contributed by atoms with Crippen LogP contribution >= 0.6 is 0 Å². The minimum Gasteiger partial charge on any atom is -0.748 e. The van der Waals surface area contributed by atoms with Gasteiger partial charge in [-0.3, -0.25) is 0 Å². The minimum absolute atomic E-state index is 0. The fourth-order valence-corrected chi connectivity index (χ4v) is 4.47. The molecule has 30 heavy (non-hydrogen) atoms. The number of hydrogen-bond donors (Lipinski definition) is 1. The van der Waals surface area contributed by atoms with Gasteiger partial charge < -0.3 is 9.66 Å². The SMILES string of the molecule is CCCCCCCCCCCCCCCCCCC(O)CCCCCS(=O)(=O)[O-].[Na+]. The van der Waals surface area contributed by atoms with Crippen molar-refractivity contribution in [3.05, 3.63) is 0 Å². The number of unbranched alkanes of at least 4 members (excludes halogenated alkanes) is 17. The second kappa shape index (κ2) is 24.5. The van der Waals surface area contributed by atoms with Gasteiger partial charge in [-0.05, 0) is 19.3 Å². The summed E-state index contributed by atoms with van der Waals surface area (Å²) < 4.78 is 31.5. The van der Waals surface area contributed by atoms with E-state index in [0.29, 0.717) is 12.8 Å². The van der Waals surface area contributed by atoms with E-state index in [1.807, 2.05) is 0 Å².